The lowest BCUT2D eigenvalue weighted by Gasteiger charge is -2.16. The lowest BCUT2D eigenvalue weighted by molar-refractivity contribution is -0.121. The first-order valence-corrected chi connectivity index (χ1v) is 7.45. The van der Waals surface area contributed by atoms with Gasteiger partial charge in [-0.3, -0.25) is 4.79 Å². The van der Waals surface area contributed by atoms with Gasteiger partial charge in [0.2, 0.25) is 5.91 Å². The zero-order chi connectivity index (χ0) is 13.1. The summed E-state index contributed by atoms with van der Waals surface area (Å²) >= 11 is 1.14. The topological polar surface area (TPSA) is 66.5 Å². The highest BCUT2D eigenvalue weighted by Gasteiger charge is 2.23. The first-order valence-electron chi connectivity index (χ1n) is 5.13. The summed E-state index contributed by atoms with van der Waals surface area (Å²) in [4.78, 5) is 11.5. The molecule has 96 valence electrons. The number of carbonyl (C=O) groups is 1. The molecular weight excluding hydrogens is 260 g/mol. The molecule has 0 aromatic carbocycles. The maximum Gasteiger partial charge on any atom is 0.252 e. The number of carbonyl (C=O) groups excluding carboxylic acids is 1. The maximum atomic E-state index is 12.0. The van der Waals surface area contributed by atoms with Crippen LogP contribution >= 0.6 is 11.3 Å². The van der Waals surface area contributed by atoms with Crippen molar-refractivity contribution in [3.63, 3.8) is 0 Å². The third kappa shape index (κ3) is 3.79. The minimum atomic E-state index is -3.54. The average molecular weight is 276 g/mol. The van der Waals surface area contributed by atoms with Gasteiger partial charge in [-0.15, -0.1) is 11.3 Å². The van der Waals surface area contributed by atoms with Crippen molar-refractivity contribution in [1.82, 2.24) is 9.62 Å². The Morgan fingerprint density at radius 1 is 1.53 bits per heavy atom. The Morgan fingerprint density at radius 2 is 2.18 bits per heavy atom. The second kappa shape index (κ2) is 5.61. The van der Waals surface area contributed by atoms with E-state index in [2.05, 4.69) is 5.32 Å². The normalized spacial score (nSPS) is 12.1. The van der Waals surface area contributed by atoms with Gasteiger partial charge in [-0.05, 0) is 25.3 Å². The Kier molecular flexibility index (Phi) is 4.67. The maximum absolute atomic E-state index is 12.0. The van der Waals surface area contributed by atoms with Gasteiger partial charge in [0, 0.05) is 13.1 Å². The minimum Gasteiger partial charge on any atom is -0.353 e. The van der Waals surface area contributed by atoms with Gasteiger partial charge in [-0.1, -0.05) is 6.07 Å². The van der Waals surface area contributed by atoms with Crippen LogP contribution in [-0.2, 0) is 14.8 Å². The summed E-state index contributed by atoms with van der Waals surface area (Å²) in [6.45, 7) is 3.48. The van der Waals surface area contributed by atoms with Crippen molar-refractivity contribution in [1.29, 1.82) is 0 Å². The third-order valence-corrected chi connectivity index (χ3v) is 5.15. The van der Waals surface area contributed by atoms with Crippen LogP contribution < -0.4 is 5.32 Å². The molecule has 0 unspecified atom stereocenters. The molecule has 0 radical (unpaired) electrons. The van der Waals surface area contributed by atoms with Gasteiger partial charge in [0.05, 0.1) is 6.54 Å². The molecule has 0 fully saturated rings. The number of amides is 1. The monoisotopic (exact) mass is 276 g/mol. The summed E-state index contributed by atoms with van der Waals surface area (Å²) in [5.41, 5.74) is 0. The summed E-state index contributed by atoms with van der Waals surface area (Å²) in [5, 5.41) is 4.34. The Labute approximate surface area is 105 Å². The van der Waals surface area contributed by atoms with Crippen LogP contribution in [0, 0.1) is 0 Å². The van der Waals surface area contributed by atoms with E-state index in [9.17, 15) is 13.2 Å². The fraction of sp³-hybridized carbons (Fsp3) is 0.500. The number of sulfonamides is 1. The van der Waals surface area contributed by atoms with Crippen molar-refractivity contribution in [2.24, 2.45) is 0 Å². The number of thiophene rings is 1. The number of rotatable bonds is 5. The van der Waals surface area contributed by atoms with Crippen LogP contribution in [0.2, 0.25) is 0 Å². The number of nitrogens with one attached hydrogen (secondary N) is 1. The molecule has 0 aliphatic carbocycles. The van der Waals surface area contributed by atoms with E-state index in [4.69, 9.17) is 0 Å². The quantitative estimate of drug-likeness (QED) is 0.868. The fourth-order valence-corrected chi connectivity index (χ4v) is 3.55. The van der Waals surface area contributed by atoms with E-state index >= 15 is 0 Å². The van der Waals surface area contributed by atoms with E-state index in [-0.39, 0.29) is 22.7 Å². The van der Waals surface area contributed by atoms with E-state index in [1.807, 2.05) is 13.8 Å². The van der Waals surface area contributed by atoms with Gasteiger partial charge in [-0.25, -0.2) is 8.42 Å². The van der Waals surface area contributed by atoms with Crippen molar-refractivity contribution < 1.29 is 13.2 Å². The zero-order valence-corrected chi connectivity index (χ0v) is 11.6. The lowest BCUT2D eigenvalue weighted by Crippen LogP contribution is -2.40. The molecule has 0 saturated carbocycles. The molecule has 1 aromatic rings. The van der Waals surface area contributed by atoms with Crippen LogP contribution in [0.25, 0.3) is 0 Å². The molecule has 1 heterocycles. The van der Waals surface area contributed by atoms with Gasteiger partial charge in [0.15, 0.2) is 0 Å². The second-order valence-corrected chi connectivity index (χ2v) is 7.13. The van der Waals surface area contributed by atoms with Crippen molar-refractivity contribution in [3.05, 3.63) is 17.5 Å². The largest absolute Gasteiger partial charge is 0.353 e. The molecule has 0 atom stereocenters. The molecule has 1 aromatic heterocycles. The van der Waals surface area contributed by atoms with E-state index in [1.165, 1.54) is 13.1 Å². The molecule has 1 N–H and O–H groups in total. The van der Waals surface area contributed by atoms with Gasteiger partial charge >= 0.3 is 0 Å². The Balaban J connectivity index is 2.71. The Bertz CT molecular complexity index is 466. The van der Waals surface area contributed by atoms with Crippen LogP contribution in [0.15, 0.2) is 21.7 Å². The summed E-state index contributed by atoms with van der Waals surface area (Å²) in [6, 6.07) is 3.19. The van der Waals surface area contributed by atoms with Crippen LogP contribution in [0.4, 0.5) is 0 Å². The predicted molar refractivity (Wildman–Crippen MR) is 67.4 cm³/mol. The van der Waals surface area contributed by atoms with Crippen LogP contribution in [0.1, 0.15) is 13.8 Å². The van der Waals surface area contributed by atoms with Crippen LogP contribution in [0.3, 0.4) is 0 Å². The smallest absolute Gasteiger partial charge is 0.252 e. The highest BCUT2D eigenvalue weighted by atomic mass is 32.2. The molecule has 1 amide bonds. The van der Waals surface area contributed by atoms with Crippen molar-refractivity contribution in [2.45, 2.75) is 24.1 Å². The third-order valence-electron chi connectivity index (χ3n) is 1.98. The molecule has 17 heavy (non-hydrogen) atoms. The highest BCUT2D eigenvalue weighted by Crippen LogP contribution is 2.19. The first-order chi connectivity index (χ1) is 7.84. The number of hydrogen-bond acceptors (Lipinski definition) is 4. The number of likely N-dealkylation sites (N-methyl/N-ethyl adjacent to an activating group) is 1. The second-order valence-electron chi connectivity index (χ2n) is 3.92. The van der Waals surface area contributed by atoms with E-state index < -0.39 is 10.0 Å². The number of nitrogens with zero attached hydrogens (tertiary/aromatic N) is 1. The molecule has 0 aliphatic heterocycles. The Hall–Kier alpha value is -0.920. The average Bonchev–Trinajstić information content (AvgIpc) is 2.68. The molecule has 0 aliphatic rings. The Morgan fingerprint density at radius 3 is 2.65 bits per heavy atom. The standard InChI is InChI=1S/C10H16N2O3S2/c1-8(2)11-9(13)7-12(3)17(14,15)10-5-4-6-16-10/h4-6,8H,7H2,1-3H3,(H,11,13). The molecule has 5 nitrogen and oxygen atoms in total. The summed E-state index contributed by atoms with van der Waals surface area (Å²) in [6.07, 6.45) is 0. The molecule has 1 rings (SSSR count). The summed E-state index contributed by atoms with van der Waals surface area (Å²) in [7, 11) is -2.14. The van der Waals surface area contributed by atoms with E-state index in [1.54, 1.807) is 11.4 Å². The van der Waals surface area contributed by atoms with Gasteiger partial charge < -0.3 is 5.32 Å². The van der Waals surface area contributed by atoms with E-state index in [0.717, 1.165) is 15.6 Å². The molecule has 0 saturated heterocycles. The van der Waals surface area contributed by atoms with Crippen molar-refractivity contribution >= 4 is 27.3 Å². The lowest BCUT2D eigenvalue weighted by atomic mass is 10.4. The molecule has 0 spiro atoms. The zero-order valence-electron chi connectivity index (χ0n) is 10.0. The van der Waals surface area contributed by atoms with Crippen LogP contribution in [-0.4, -0.2) is 38.3 Å². The highest BCUT2D eigenvalue weighted by molar-refractivity contribution is 7.91. The minimum absolute atomic E-state index is 0.000317. The van der Waals surface area contributed by atoms with Gasteiger partial charge in [0.1, 0.15) is 4.21 Å². The molecule has 7 heteroatoms. The van der Waals surface area contributed by atoms with Crippen LogP contribution in [0.5, 0.6) is 0 Å². The van der Waals surface area contributed by atoms with Gasteiger partial charge in [0.25, 0.3) is 10.0 Å². The summed E-state index contributed by atoms with van der Waals surface area (Å²) in [5.74, 6) is -0.303. The molecular formula is C10H16N2O3S2. The molecule has 0 bridgehead atoms. The van der Waals surface area contributed by atoms with Crippen molar-refractivity contribution in [3.8, 4) is 0 Å². The van der Waals surface area contributed by atoms with Crippen molar-refractivity contribution in [2.75, 3.05) is 13.6 Å². The summed E-state index contributed by atoms with van der Waals surface area (Å²) < 4.78 is 25.2. The SMILES string of the molecule is CC(C)NC(=O)CN(C)S(=O)(=O)c1cccs1. The predicted octanol–water partition coefficient (Wildman–Crippen LogP) is 0.893. The van der Waals surface area contributed by atoms with Gasteiger partial charge in [-0.2, -0.15) is 4.31 Å². The number of hydrogen-bond donors (Lipinski definition) is 1. The fourth-order valence-electron chi connectivity index (χ4n) is 1.22. The van der Waals surface area contributed by atoms with E-state index in [0.29, 0.717) is 0 Å². The first kappa shape index (κ1) is 14.1.